The first-order valence-corrected chi connectivity index (χ1v) is 5.78. The largest absolute Gasteiger partial charge is 0.384 e. The third-order valence-corrected chi connectivity index (χ3v) is 2.93. The van der Waals surface area contributed by atoms with Crippen LogP contribution in [0.3, 0.4) is 0 Å². The summed E-state index contributed by atoms with van der Waals surface area (Å²) in [5.74, 6) is 0.243. The Balaban J connectivity index is 2.16. The van der Waals surface area contributed by atoms with Gasteiger partial charge >= 0.3 is 0 Å². The van der Waals surface area contributed by atoms with Gasteiger partial charge in [0.15, 0.2) is 0 Å². The van der Waals surface area contributed by atoms with Crippen molar-refractivity contribution >= 4 is 5.82 Å². The van der Waals surface area contributed by atoms with Gasteiger partial charge in [0, 0.05) is 12.2 Å². The van der Waals surface area contributed by atoms with E-state index in [9.17, 15) is 4.39 Å². The molecule has 1 unspecified atom stereocenters. The average Bonchev–Trinajstić information content (AvgIpc) is 2.32. The van der Waals surface area contributed by atoms with Gasteiger partial charge < -0.3 is 11.5 Å². The van der Waals surface area contributed by atoms with E-state index in [4.69, 9.17) is 11.5 Å². The Morgan fingerprint density at radius 1 is 1.28 bits per heavy atom. The van der Waals surface area contributed by atoms with E-state index in [1.165, 1.54) is 6.07 Å². The Labute approximate surface area is 106 Å². The summed E-state index contributed by atoms with van der Waals surface area (Å²) >= 11 is 0. The fourth-order valence-electron chi connectivity index (χ4n) is 1.83. The molecular weight excluding hydrogens is 229 g/mol. The second-order valence-corrected chi connectivity index (χ2v) is 4.41. The third kappa shape index (κ3) is 2.84. The fourth-order valence-corrected chi connectivity index (χ4v) is 1.83. The van der Waals surface area contributed by atoms with E-state index >= 15 is 0 Å². The molecule has 4 N–H and O–H groups in total. The maximum atomic E-state index is 13.5. The summed E-state index contributed by atoms with van der Waals surface area (Å²) in [6.07, 6.45) is 2.25. The molecule has 0 radical (unpaired) electrons. The van der Waals surface area contributed by atoms with Crippen LogP contribution in [0.4, 0.5) is 10.2 Å². The van der Waals surface area contributed by atoms with E-state index in [1.54, 1.807) is 25.3 Å². The van der Waals surface area contributed by atoms with Gasteiger partial charge in [-0.2, -0.15) is 0 Å². The van der Waals surface area contributed by atoms with Crippen LogP contribution in [0.1, 0.15) is 22.7 Å². The van der Waals surface area contributed by atoms with E-state index in [0.717, 1.165) is 11.1 Å². The highest BCUT2D eigenvalue weighted by Gasteiger charge is 2.09. The van der Waals surface area contributed by atoms with Crippen LogP contribution in [0.2, 0.25) is 0 Å². The summed E-state index contributed by atoms with van der Waals surface area (Å²) in [4.78, 5) is 3.92. The Kier molecular flexibility index (Phi) is 3.58. The first kappa shape index (κ1) is 12.5. The standard InChI is InChI=1S/C14H16FN3/c1-9-2-3-11(8-12(9)15)13(16)6-10-4-5-18-14(17)7-10/h2-5,7-8,13H,6,16H2,1H3,(H2,17,18). The van der Waals surface area contributed by atoms with Crippen molar-refractivity contribution in [2.45, 2.75) is 19.4 Å². The maximum Gasteiger partial charge on any atom is 0.126 e. The normalized spacial score (nSPS) is 12.4. The van der Waals surface area contributed by atoms with Gasteiger partial charge in [0.25, 0.3) is 0 Å². The number of anilines is 1. The molecule has 2 aromatic rings. The molecule has 1 aromatic heterocycles. The zero-order valence-electron chi connectivity index (χ0n) is 10.2. The molecule has 2 rings (SSSR count). The van der Waals surface area contributed by atoms with Crippen molar-refractivity contribution in [3.63, 3.8) is 0 Å². The van der Waals surface area contributed by atoms with Crippen molar-refractivity contribution in [1.82, 2.24) is 4.98 Å². The number of halogens is 1. The molecule has 1 atom stereocenters. The van der Waals surface area contributed by atoms with E-state index in [2.05, 4.69) is 4.98 Å². The van der Waals surface area contributed by atoms with E-state index in [-0.39, 0.29) is 11.9 Å². The average molecular weight is 245 g/mol. The van der Waals surface area contributed by atoms with Gasteiger partial charge in [-0.05, 0) is 48.2 Å². The molecule has 4 heteroatoms. The molecule has 0 aliphatic rings. The van der Waals surface area contributed by atoms with Crippen LogP contribution in [0.25, 0.3) is 0 Å². The number of aryl methyl sites for hydroxylation is 1. The second-order valence-electron chi connectivity index (χ2n) is 4.41. The number of aromatic nitrogens is 1. The molecule has 0 saturated heterocycles. The Bertz CT molecular complexity index is 554. The Morgan fingerprint density at radius 2 is 2.06 bits per heavy atom. The van der Waals surface area contributed by atoms with Gasteiger partial charge in [-0.1, -0.05) is 12.1 Å². The lowest BCUT2D eigenvalue weighted by Gasteiger charge is -2.13. The van der Waals surface area contributed by atoms with Crippen molar-refractivity contribution in [3.05, 3.63) is 59.0 Å². The highest BCUT2D eigenvalue weighted by molar-refractivity contribution is 5.33. The van der Waals surface area contributed by atoms with E-state index in [1.807, 2.05) is 12.1 Å². The predicted molar refractivity (Wildman–Crippen MR) is 70.4 cm³/mol. The van der Waals surface area contributed by atoms with Crippen LogP contribution in [0.5, 0.6) is 0 Å². The first-order chi connectivity index (χ1) is 8.56. The van der Waals surface area contributed by atoms with Crippen molar-refractivity contribution in [3.8, 4) is 0 Å². The summed E-state index contributed by atoms with van der Waals surface area (Å²) in [6, 6.07) is 8.48. The van der Waals surface area contributed by atoms with Gasteiger partial charge in [0.1, 0.15) is 11.6 Å². The minimum atomic E-state index is -0.248. The molecule has 0 bridgehead atoms. The smallest absolute Gasteiger partial charge is 0.126 e. The van der Waals surface area contributed by atoms with Gasteiger partial charge in [-0.25, -0.2) is 9.37 Å². The molecule has 94 valence electrons. The third-order valence-electron chi connectivity index (χ3n) is 2.93. The van der Waals surface area contributed by atoms with Crippen molar-refractivity contribution < 1.29 is 4.39 Å². The lowest BCUT2D eigenvalue weighted by molar-refractivity contribution is 0.609. The van der Waals surface area contributed by atoms with Crippen molar-refractivity contribution in [1.29, 1.82) is 0 Å². The summed E-state index contributed by atoms with van der Waals surface area (Å²) in [5, 5.41) is 0. The van der Waals surface area contributed by atoms with Crippen LogP contribution >= 0.6 is 0 Å². The monoisotopic (exact) mass is 245 g/mol. The number of nitrogens with two attached hydrogens (primary N) is 2. The molecule has 0 aliphatic heterocycles. The molecule has 1 heterocycles. The van der Waals surface area contributed by atoms with Crippen LogP contribution in [0, 0.1) is 12.7 Å². The number of hydrogen-bond donors (Lipinski definition) is 2. The minimum absolute atomic E-state index is 0.225. The van der Waals surface area contributed by atoms with Crippen LogP contribution in [-0.2, 0) is 6.42 Å². The number of pyridine rings is 1. The Hall–Kier alpha value is -1.94. The molecule has 18 heavy (non-hydrogen) atoms. The molecule has 1 aromatic carbocycles. The van der Waals surface area contributed by atoms with Gasteiger partial charge in [-0.15, -0.1) is 0 Å². The summed E-state index contributed by atoms with van der Waals surface area (Å²) < 4.78 is 13.5. The molecule has 0 fully saturated rings. The quantitative estimate of drug-likeness (QED) is 0.872. The molecule has 0 spiro atoms. The number of nitrogens with zero attached hydrogens (tertiary/aromatic N) is 1. The number of hydrogen-bond acceptors (Lipinski definition) is 3. The van der Waals surface area contributed by atoms with Gasteiger partial charge in [-0.3, -0.25) is 0 Å². The lowest BCUT2D eigenvalue weighted by atomic mass is 9.99. The van der Waals surface area contributed by atoms with E-state index in [0.29, 0.717) is 17.8 Å². The van der Waals surface area contributed by atoms with Gasteiger partial charge in [0.05, 0.1) is 0 Å². The SMILES string of the molecule is Cc1ccc(C(N)Cc2ccnc(N)c2)cc1F. The summed E-state index contributed by atoms with van der Waals surface area (Å²) in [5.41, 5.74) is 14.1. The molecule has 3 nitrogen and oxygen atoms in total. The zero-order valence-corrected chi connectivity index (χ0v) is 10.2. The first-order valence-electron chi connectivity index (χ1n) is 5.78. The number of benzene rings is 1. The summed E-state index contributed by atoms with van der Waals surface area (Å²) in [7, 11) is 0. The molecule has 0 saturated carbocycles. The highest BCUT2D eigenvalue weighted by atomic mass is 19.1. The molecule has 0 amide bonds. The van der Waals surface area contributed by atoms with Crippen LogP contribution in [-0.4, -0.2) is 4.98 Å². The minimum Gasteiger partial charge on any atom is -0.384 e. The Morgan fingerprint density at radius 3 is 2.72 bits per heavy atom. The number of nitrogen functional groups attached to an aromatic ring is 1. The zero-order chi connectivity index (χ0) is 13.1. The highest BCUT2D eigenvalue weighted by Crippen LogP contribution is 2.19. The second kappa shape index (κ2) is 5.14. The van der Waals surface area contributed by atoms with Crippen LogP contribution < -0.4 is 11.5 Å². The summed E-state index contributed by atoms with van der Waals surface area (Å²) in [6.45, 7) is 1.73. The van der Waals surface area contributed by atoms with Gasteiger partial charge in [0.2, 0.25) is 0 Å². The van der Waals surface area contributed by atoms with Crippen LogP contribution in [0.15, 0.2) is 36.5 Å². The molecule has 0 aliphatic carbocycles. The van der Waals surface area contributed by atoms with Crippen molar-refractivity contribution in [2.75, 3.05) is 5.73 Å². The topological polar surface area (TPSA) is 64.9 Å². The predicted octanol–water partition coefficient (Wildman–Crippen LogP) is 2.35. The maximum absolute atomic E-state index is 13.5. The van der Waals surface area contributed by atoms with Crippen molar-refractivity contribution in [2.24, 2.45) is 5.73 Å². The molecular formula is C14H16FN3. The van der Waals surface area contributed by atoms with E-state index < -0.39 is 0 Å². The lowest BCUT2D eigenvalue weighted by Crippen LogP contribution is -2.14. The fraction of sp³-hybridized carbons (Fsp3) is 0.214. The number of rotatable bonds is 3.